The average Bonchev–Trinajstić information content (AvgIpc) is 3.24. The lowest BCUT2D eigenvalue weighted by Crippen LogP contribution is -2.36. The highest BCUT2D eigenvalue weighted by Gasteiger charge is 2.16. The Morgan fingerprint density at radius 2 is 1.71 bits per heavy atom. The highest BCUT2D eigenvalue weighted by Crippen LogP contribution is 2.38. The van der Waals surface area contributed by atoms with Crippen LogP contribution in [0, 0.1) is 0 Å². The first-order chi connectivity index (χ1) is 17.1. The quantitative estimate of drug-likeness (QED) is 0.377. The van der Waals surface area contributed by atoms with E-state index in [0.29, 0.717) is 23.7 Å². The molecule has 1 saturated heterocycles. The lowest BCUT2D eigenvalue weighted by Gasteiger charge is -2.27. The maximum absolute atomic E-state index is 12.6. The van der Waals surface area contributed by atoms with E-state index in [2.05, 4.69) is 39.8 Å². The van der Waals surface area contributed by atoms with Gasteiger partial charge in [0.2, 0.25) is 5.75 Å². The fraction of sp³-hybridized carbons (Fsp3) is 0.393. The number of methoxy groups -OCH3 is 3. The number of para-hydroxylation sites is 1. The van der Waals surface area contributed by atoms with E-state index < -0.39 is 0 Å². The normalized spacial score (nSPS) is 14.5. The van der Waals surface area contributed by atoms with Gasteiger partial charge in [0.15, 0.2) is 17.3 Å². The summed E-state index contributed by atoms with van der Waals surface area (Å²) in [6, 6.07) is 14.4. The smallest absolute Gasteiger partial charge is 0.203 e. The van der Waals surface area contributed by atoms with Crippen LogP contribution in [0.3, 0.4) is 0 Å². The fourth-order valence-corrected chi connectivity index (χ4v) is 4.53. The second kappa shape index (κ2) is 11.9. The molecule has 0 radical (unpaired) electrons. The Hall–Kier alpha value is -3.29. The zero-order valence-corrected chi connectivity index (χ0v) is 20.8. The number of aryl methyl sites for hydroxylation is 1. The van der Waals surface area contributed by atoms with Gasteiger partial charge in [-0.2, -0.15) is 0 Å². The van der Waals surface area contributed by atoms with Gasteiger partial charge < -0.3 is 23.5 Å². The summed E-state index contributed by atoms with van der Waals surface area (Å²) in [6.07, 6.45) is 4.67. The molecule has 0 atom stereocenters. The maximum Gasteiger partial charge on any atom is 0.203 e. The van der Waals surface area contributed by atoms with Crippen molar-refractivity contribution in [2.75, 3.05) is 47.6 Å². The number of carbonyl (C=O) groups excluding carboxylic acids is 1. The Labute approximate surface area is 206 Å². The van der Waals surface area contributed by atoms with Crippen LogP contribution in [-0.4, -0.2) is 62.9 Å². The van der Waals surface area contributed by atoms with E-state index in [1.54, 1.807) is 33.5 Å². The molecule has 2 heterocycles. The number of hydrogen-bond acceptors (Lipinski definition) is 6. The van der Waals surface area contributed by atoms with Crippen LogP contribution in [0.1, 0.15) is 24.1 Å². The van der Waals surface area contributed by atoms with Crippen LogP contribution in [0.25, 0.3) is 17.0 Å². The van der Waals surface area contributed by atoms with Crippen LogP contribution in [-0.2, 0) is 22.6 Å². The van der Waals surface area contributed by atoms with Gasteiger partial charge >= 0.3 is 0 Å². The molecule has 186 valence electrons. The van der Waals surface area contributed by atoms with Gasteiger partial charge in [-0.05, 0) is 47.7 Å². The monoisotopic (exact) mass is 478 g/mol. The molecule has 0 aliphatic carbocycles. The predicted octanol–water partition coefficient (Wildman–Crippen LogP) is 4.56. The summed E-state index contributed by atoms with van der Waals surface area (Å²) in [5.74, 6) is 1.74. The van der Waals surface area contributed by atoms with E-state index in [0.717, 1.165) is 51.4 Å². The molecule has 3 aromatic rings. The first-order valence-electron chi connectivity index (χ1n) is 12.0. The van der Waals surface area contributed by atoms with Crippen LogP contribution in [0.5, 0.6) is 17.2 Å². The molecule has 0 N–H and O–H groups in total. The lowest BCUT2D eigenvalue weighted by molar-refractivity contribution is -0.114. The number of rotatable bonds is 11. The molecule has 4 rings (SSSR count). The minimum atomic E-state index is 0.0879. The molecule has 1 fully saturated rings. The number of ether oxygens (including phenoxy) is 4. The summed E-state index contributed by atoms with van der Waals surface area (Å²) < 4.78 is 24.0. The van der Waals surface area contributed by atoms with E-state index >= 15 is 0 Å². The first kappa shape index (κ1) is 24.8. The highest BCUT2D eigenvalue weighted by molar-refractivity contribution is 5.93. The van der Waals surface area contributed by atoms with Gasteiger partial charge in [0.25, 0.3) is 0 Å². The summed E-state index contributed by atoms with van der Waals surface area (Å²) in [5.41, 5.74) is 3.32. The summed E-state index contributed by atoms with van der Waals surface area (Å²) in [7, 11) is 4.72. The minimum absolute atomic E-state index is 0.0879. The van der Waals surface area contributed by atoms with Crippen molar-refractivity contribution in [3.63, 3.8) is 0 Å². The summed E-state index contributed by atoms with van der Waals surface area (Å²) >= 11 is 0. The van der Waals surface area contributed by atoms with Crippen LogP contribution in [0.4, 0.5) is 0 Å². The summed E-state index contributed by atoms with van der Waals surface area (Å²) in [6.45, 7) is 5.17. The minimum Gasteiger partial charge on any atom is -0.493 e. The second-order valence-corrected chi connectivity index (χ2v) is 8.60. The number of carbonyl (C=O) groups is 1. The Bertz CT molecular complexity index is 1150. The molecule has 0 saturated carbocycles. The molecule has 7 nitrogen and oxygen atoms in total. The fourth-order valence-electron chi connectivity index (χ4n) is 4.53. The van der Waals surface area contributed by atoms with E-state index in [9.17, 15) is 4.79 Å². The lowest BCUT2D eigenvalue weighted by atomic mass is 10.1. The molecule has 0 spiro atoms. The van der Waals surface area contributed by atoms with Crippen LogP contribution in [0.15, 0.2) is 48.5 Å². The third kappa shape index (κ3) is 6.05. The van der Waals surface area contributed by atoms with Gasteiger partial charge in [-0.25, -0.2) is 0 Å². The number of benzene rings is 2. The SMILES string of the molecule is COc1cc(/C=C/C(=O)CCCn2c(CN3CCOCC3)cc3ccccc32)cc(OC)c1OC. The third-order valence-corrected chi connectivity index (χ3v) is 6.34. The van der Waals surface area contributed by atoms with Crippen molar-refractivity contribution in [1.29, 1.82) is 0 Å². The van der Waals surface area contributed by atoms with Crippen molar-refractivity contribution in [3.8, 4) is 17.2 Å². The molecule has 1 aliphatic rings. The van der Waals surface area contributed by atoms with Crippen molar-refractivity contribution in [2.24, 2.45) is 0 Å². The number of allylic oxidation sites excluding steroid dienone is 1. The standard InChI is InChI=1S/C28H34N2O5/c1-32-26-17-21(18-27(33-2)28(26)34-3)10-11-24(31)8-6-12-30-23(20-29-13-15-35-16-14-29)19-22-7-4-5-9-25(22)30/h4-5,7,9-11,17-19H,6,8,12-16,20H2,1-3H3/b11-10+. The van der Waals surface area contributed by atoms with Gasteiger partial charge in [-0.15, -0.1) is 0 Å². The average molecular weight is 479 g/mol. The summed E-state index contributed by atoms with van der Waals surface area (Å²) in [4.78, 5) is 15.1. The zero-order chi connectivity index (χ0) is 24.6. The molecule has 0 bridgehead atoms. The van der Waals surface area contributed by atoms with E-state index in [1.165, 1.54) is 16.6 Å². The predicted molar refractivity (Wildman–Crippen MR) is 137 cm³/mol. The molecular formula is C28H34N2O5. The number of hydrogen-bond donors (Lipinski definition) is 0. The number of nitrogens with zero attached hydrogens (tertiary/aromatic N) is 2. The Morgan fingerprint density at radius 1 is 1.00 bits per heavy atom. The van der Waals surface area contributed by atoms with Gasteiger partial charge in [-0.3, -0.25) is 9.69 Å². The number of morpholine rings is 1. The maximum atomic E-state index is 12.6. The van der Waals surface area contributed by atoms with Crippen molar-refractivity contribution in [2.45, 2.75) is 25.9 Å². The summed E-state index contributed by atoms with van der Waals surface area (Å²) in [5, 5.41) is 1.24. The van der Waals surface area contributed by atoms with Crippen molar-refractivity contribution >= 4 is 22.8 Å². The van der Waals surface area contributed by atoms with Gasteiger partial charge in [0, 0.05) is 43.8 Å². The number of ketones is 1. The molecular weight excluding hydrogens is 444 g/mol. The Morgan fingerprint density at radius 3 is 2.40 bits per heavy atom. The van der Waals surface area contributed by atoms with Gasteiger partial charge in [-0.1, -0.05) is 24.3 Å². The molecule has 0 unspecified atom stereocenters. The van der Waals surface area contributed by atoms with E-state index in [1.807, 2.05) is 12.1 Å². The van der Waals surface area contributed by atoms with Crippen molar-refractivity contribution in [1.82, 2.24) is 9.47 Å². The second-order valence-electron chi connectivity index (χ2n) is 8.60. The van der Waals surface area contributed by atoms with E-state index in [4.69, 9.17) is 18.9 Å². The molecule has 7 heteroatoms. The zero-order valence-electron chi connectivity index (χ0n) is 20.8. The Balaban J connectivity index is 1.41. The first-order valence-corrected chi connectivity index (χ1v) is 12.0. The molecule has 0 amide bonds. The van der Waals surface area contributed by atoms with Crippen LogP contribution >= 0.6 is 0 Å². The van der Waals surface area contributed by atoms with Gasteiger partial charge in [0.1, 0.15) is 0 Å². The molecule has 1 aromatic heterocycles. The topological polar surface area (TPSA) is 62.2 Å². The van der Waals surface area contributed by atoms with Gasteiger partial charge in [0.05, 0.1) is 34.5 Å². The largest absolute Gasteiger partial charge is 0.493 e. The number of aromatic nitrogens is 1. The van der Waals surface area contributed by atoms with Crippen molar-refractivity contribution in [3.05, 3.63) is 59.8 Å². The number of fused-ring (bicyclic) bond motifs is 1. The molecule has 2 aromatic carbocycles. The molecule has 1 aliphatic heterocycles. The Kier molecular flexibility index (Phi) is 8.45. The van der Waals surface area contributed by atoms with Crippen molar-refractivity contribution < 1.29 is 23.7 Å². The van der Waals surface area contributed by atoms with E-state index in [-0.39, 0.29) is 5.78 Å². The van der Waals surface area contributed by atoms with Crippen LogP contribution in [0.2, 0.25) is 0 Å². The highest BCUT2D eigenvalue weighted by atomic mass is 16.5. The molecule has 35 heavy (non-hydrogen) atoms. The van der Waals surface area contributed by atoms with Crippen LogP contribution < -0.4 is 14.2 Å². The third-order valence-electron chi connectivity index (χ3n) is 6.34.